The number of nitrogens with zero attached hydrogens (tertiary/aromatic N) is 2. The zero-order valence-corrected chi connectivity index (χ0v) is 12.2. The van der Waals surface area contributed by atoms with Gasteiger partial charge in [0.1, 0.15) is 0 Å². The summed E-state index contributed by atoms with van der Waals surface area (Å²) >= 11 is 0. The van der Waals surface area contributed by atoms with Crippen LogP contribution in [0, 0.1) is 0 Å². The molecule has 1 fully saturated rings. The van der Waals surface area contributed by atoms with Gasteiger partial charge in [0, 0.05) is 32.6 Å². The molecule has 0 atom stereocenters. The molecular weight excluding hydrogens is 297 g/mol. The molecule has 0 N–H and O–H groups in total. The molecule has 0 aromatic heterocycles. The third kappa shape index (κ3) is 3.40. The molecule has 2 amide bonds. The number of alkyl halides is 3. The molecule has 1 aromatic rings. The molecule has 0 unspecified atom stereocenters. The molecule has 1 aliphatic heterocycles. The molecule has 22 heavy (non-hydrogen) atoms. The lowest BCUT2D eigenvalue weighted by atomic mass is 10.1. The number of piperazine rings is 1. The van der Waals surface area contributed by atoms with Gasteiger partial charge < -0.3 is 9.80 Å². The van der Waals surface area contributed by atoms with E-state index in [9.17, 15) is 22.8 Å². The fraction of sp³-hybridized carbons (Fsp3) is 0.467. The minimum Gasteiger partial charge on any atom is -0.339 e. The summed E-state index contributed by atoms with van der Waals surface area (Å²) in [6.45, 7) is 2.95. The number of carbonyl (C=O) groups excluding carboxylic acids is 2. The smallest absolute Gasteiger partial charge is 0.339 e. The van der Waals surface area contributed by atoms with E-state index in [-0.39, 0.29) is 24.6 Å². The van der Waals surface area contributed by atoms with Crippen molar-refractivity contribution in [3.63, 3.8) is 0 Å². The summed E-state index contributed by atoms with van der Waals surface area (Å²) < 4.78 is 38.9. The Morgan fingerprint density at radius 3 is 2.14 bits per heavy atom. The van der Waals surface area contributed by atoms with Gasteiger partial charge in [-0.1, -0.05) is 19.1 Å². The third-order valence-electron chi connectivity index (χ3n) is 3.68. The standard InChI is InChI=1S/C15H17F3N2O2/c1-2-13(21)19-7-9-20(10-8-19)14(22)11-5-3-4-6-12(11)15(16,17)18/h3-6H,2,7-10H2,1H3. The van der Waals surface area contributed by atoms with Crippen molar-refractivity contribution in [1.82, 2.24) is 9.80 Å². The van der Waals surface area contributed by atoms with Gasteiger partial charge in [0.05, 0.1) is 11.1 Å². The van der Waals surface area contributed by atoms with Gasteiger partial charge in [0.2, 0.25) is 5.91 Å². The summed E-state index contributed by atoms with van der Waals surface area (Å²) in [5.74, 6) is -0.653. The quantitative estimate of drug-likeness (QED) is 0.841. The highest BCUT2D eigenvalue weighted by Gasteiger charge is 2.36. The van der Waals surface area contributed by atoms with Crippen molar-refractivity contribution in [2.75, 3.05) is 26.2 Å². The van der Waals surface area contributed by atoms with Crippen LogP contribution in [-0.4, -0.2) is 47.8 Å². The molecule has 1 heterocycles. The minimum atomic E-state index is -4.56. The number of halogens is 3. The maximum absolute atomic E-state index is 13.0. The van der Waals surface area contributed by atoms with Gasteiger partial charge in [-0.3, -0.25) is 9.59 Å². The summed E-state index contributed by atoms with van der Waals surface area (Å²) in [7, 11) is 0. The second-order valence-corrected chi connectivity index (χ2v) is 5.07. The van der Waals surface area contributed by atoms with Crippen molar-refractivity contribution < 1.29 is 22.8 Å². The van der Waals surface area contributed by atoms with Gasteiger partial charge in [-0.25, -0.2) is 0 Å². The van der Waals surface area contributed by atoms with Crippen LogP contribution in [0.3, 0.4) is 0 Å². The van der Waals surface area contributed by atoms with E-state index < -0.39 is 17.6 Å². The van der Waals surface area contributed by atoms with Crippen LogP contribution in [0.2, 0.25) is 0 Å². The Hall–Kier alpha value is -2.05. The summed E-state index contributed by atoms with van der Waals surface area (Å²) in [6, 6.07) is 4.77. The predicted molar refractivity (Wildman–Crippen MR) is 74.2 cm³/mol. The fourth-order valence-electron chi connectivity index (χ4n) is 2.47. The van der Waals surface area contributed by atoms with E-state index in [2.05, 4.69) is 0 Å². The average molecular weight is 314 g/mol. The molecule has 1 aliphatic rings. The maximum Gasteiger partial charge on any atom is 0.417 e. The molecule has 0 spiro atoms. The first-order valence-electron chi connectivity index (χ1n) is 7.08. The maximum atomic E-state index is 13.0. The first kappa shape index (κ1) is 16.3. The predicted octanol–water partition coefficient (Wildman–Crippen LogP) is 2.40. The number of benzene rings is 1. The monoisotopic (exact) mass is 314 g/mol. The van der Waals surface area contributed by atoms with Crippen LogP contribution in [0.25, 0.3) is 0 Å². The Bertz CT molecular complexity index is 564. The lowest BCUT2D eigenvalue weighted by Gasteiger charge is -2.35. The summed E-state index contributed by atoms with van der Waals surface area (Å²) in [5.41, 5.74) is -1.27. The van der Waals surface area contributed by atoms with E-state index in [1.54, 1.807) is 11.8 Å². The van der Waals surface area contributed by atoms with E-state index in [1.807, 2.05) is 0 Å². The SMILES string of the molecule is CCC(=O)N1CCN(C(=O)c2ccccc2C(F)(F)F)CC1. The molecular formula is C15H17F3N2O2. The van der Waals surface area contributed by atoms with E-state index >= 15 is 0 Å². The zero-order valence-electron chi connectivity index (χ0n) is 12.2. The van der Waals surface area contributed by atoms with Gasteiger partial charge in [0.25, 0.3) is 5.91 Å². The van der Waals surface area contributed by atoms with Crippen molar-refractivity contribution in [1.29, 1.82) is 0 Å². The van der Waals surface area contributed by atoms with Gasteiger partial charge in [-0.2, -0.15) is 13.2 Å². The molecule has 1 saturated heterocycles. The number of rotatable bonds is 2. The van der Waals surface area contributed by atoms with Crippen molar-refractivity contribution >= 4 is 11.8 Å². The minimum absolute atomic E-state index is 0.0113. The summed E-state index contributed by atoms with van der Waals surface area (Å²) in [5, 5.41) is 0. The molecule has 1 aromatic carbocycles. The highest BCUT2D eigenvalue weighted by atomic mass is 19.4. The highest BCUT2D eigenvalue weighted by molar-refractivity contribution is 5.96. The molecule has 4 nitrogen and oxygen atoms in total. The Morgan fingerprint density at radius 1 is 1.05 bits per heavy atom. The molecule has 7 heteroatoms. The van der Waals surface area contributed by atoms with Crippen LogP contribution >= 0.6 is 0 Å². The molecule has 0 radical (unpaired) electrons. The van der Waals surface area contributed by atoms with E-state index in [1.165, 1.54) is 23.1 Å². The van der Waals surface area contributed by atoms with Crippen LogP contribution in [0.1, 0.15) is 29.3 Å². The normalized spacial score (nSPS) is 15.8. The van der Waals surface area contributed by atoms with Gasteiger partial charge in [0.15, 0.2) is 0 Å². The highest BCUT2D eigenvalue weighted by Crippen LogP contribution is 2.32. The van der Waals surface area contributed by atoms with E-state index in [4.69, 9.17) is 0 Å². The second-order valence-electron chi connectivity index (χ2n) is 5.07. The molecule has 2 rings (SSSR count). The van der Waals surface area contributed by atoms with Gasteiger partial charge in [-0.15, -0.1) is 0 Å². The number of amides is 2. The topological polar surface area (TPSA) is 40.6 Å². The number of carbonyl (C=O) groups is 2. The van der Waals surface area contributed by atoms with Gasteiger partial charge >= 0.3 is 6.18 Å². The molecule has 120 valence electrons. The van der Waals surface area contributed by atoms with Gasteiger partial charge in [-0.05, 0) is 12.1 Å². The molecule has 0 bridgehead atoms. The van der Waals surface area contributed by atoms with Crippen molar-refractivity contribution in [3.8, 4) is 0 Å². The van der Waals surface area contributed by atoms with Crippen LogP contribution in [-0.2, 0) is 11.0 Å². The van der Waals surface area contributed by atoms with Crippen LogP contribution in [0.4, 0.5) is 13.2 Å². The van der Waals surface area contributed by atoms with Crippen molar-refractivity contribution in [2.45, 2.75) is 19.5 Å². The Balaban J connectivity index is 2.13. The Kier molecular flexibility index (Phi) is 4.73. The average Bonchev–Trinajstić information content (AvgIpc) is 2.52. The zero-order chi connectivity index (χ0) is 16.3. The van der Waals surface area contributed by atoms with E-state index in [0.717, 1.165) is 6.07 Å². The van der Waals surface area contributed by atoms with Crippen LogP contribution in [0.5, 0.6) is 0 Å². The Labute approximate surface area is 126 Å². The fourth-order valence-corrected chi connectivity index (χ4v) is 2.47. The van der Waals surface area contributed by atoms with Crippen LogP contribution in [0.15, 0.2) is 24.3 Å². The number of hydrogen-bond donors (Lipinski definition) is 0. The van der Waals surface area contributed by atoms with E-state index in [0.29, 0.717) is 19.5 Å². The lowest BCUT2D eigenvalue weighted by molar-refractivity contribution is -0.138. The number of hydrogen-bond acceptors (Lipinski definition) is 2. The first-order valence-corrected chi connectivity index (χ1v) is 7.08. The van der Waals surface area contributed by atoms with Crippen LogP contribution < -0.4 is 0 Å². The Morgan fingerprint density at radius 2 is 1.59 bits per heavy atom. The lowest BCUT2D eigenvalue weighted by Crippen LogP contribution is -2.50. The summed E-state index contributed by atoms with van der Waals surface area (Å²) in [4.78, 5) is 26.9. The molecule has 0 saturated carbocycles. The summed E-state index contributed by atoms with van der Waals surface area (Å²) in [6.07, 6.45) is -4.18. The first-order chi connectivity index (χ1) is 10.3. The molecule has 0 aliphatic carbocycles. The second kappa shape index (κ2) is 6.37. The third-order valence-corrected chi connectivity index (χ3v) is 3.68. The largest absolute Gasteiger partial charge is 0.417 e. The van der Waals surface area contributed by atoms with Crippen molar-refractivity contribution in [3.05, 3.63) is 35.4 Å². The van der Waals surface area contributed by atoms with Crippen molar-refractivity contribution in [2.24, 2.45) is 0 Å².